The standard InChI is InChI=1S/C15H18N2O7/c1-23-12-6-10(11(17(21)22)7-13(12)24-2)14(18)16-5-3-4-9(8-16)15(19)20/h6-7,9H,3-5,8H2,1-2H3,(H,19,20)/t9-/m0/s1. The fourth-order valence-electron chi connectivity index (χ4n) is 2.72. The van der Waals surface area contributed by atoms with Gasteiger partial charge in [-0.15, -0.1) is 0 Å². The molecule has 0 radical (unpaired) electrons. The van der Waals surface area contributed by atoms with Gasteiger partial charge in [0.25, 0.3) is 11.6 Å². The summed E-state index contributed by atoms with van der Waals surface area (Å²) in [7, 11) is 2.70. The Morgan fingerprint density at radius 1 is 1.29 bits per heavy atom. The molecule has 0 aliphatic carbocycles. The molecule has 0 saturated carbocycles. The average Bonchev–Trinajstić information content (AvgIpc) is 2.59. The van der Waals surface area contributed by atoms with Crippen LogP contribution in [-0.2, 0) is 4.79 Å². The molecule has 1 atom stereocenters. The largest absolute Gasteiger partial charge is 0.493 e. The first kappa shape index (κ1) is 17.5. The van der Waals surface area contributed by atoms with E-state index >= 15 is 0 Å². The number of ether oxygens (including phenoxy) is 2. The first-order valence-corrected chi connectivity index (χ1v) is 7.31. The SMILES string of the molecule is COc1cc(C(=O)N2CCC[C@H](C(=O)O)C2)c([N+](=O)[O-])cc1OC. The minimum Gasteiger partial charge on any atom is -0.493 e. The summed E-state index contributed by atoms with van der Waals surface area (Å²) in [5, 5.41) is 20.4. The minimum absolute atomic E-state index is 0.0274. The third kappa shape index (κ3) is 3.39. The molecule has 0 bridgehead atoms. The minimum atomic E-state index is -0.977. The predicted octanol–water partition coefficient (Wildman–Crippen LogP) is 1.55. The van der Waals surface area contributed by atoms with Gasteiger partial charge in [0.1, 0.15) is 5.56 Å². The van der Waals surface area contributed by atoms with E-state index in [2.05, 4.69) is 0 Å². The van der Waals surface area contributed by atoms with Gasteiger partial charge in [-0.25, -0.2) is 0 Å². The number of amides is 1. The Morgan fingerprint density at radius 3 is 2.46 bits per heavy atom. The van der Waals surface area contributed by atoms with Gasteiger partial charge in [0.15, 0.2) is 11.5 Å². The molecule has 130 valence electrons. The van der Waals surface area contributed by atoms with Crippen LogP contribution in [0.2, 0.25) is 0 Å². The van der Waals surface area contributed by atoms with Crippen LogP contribution in [0.5, 0.6) is 11.5 Å². The summed E-state index contributed by atoms with van der Waals surface area (Å²) in [5.74, 6) is -1.90. The Hall–Kier alpha value is -2.84. The lowest BCUT2D eigenvalue weighted by atomic mass is 9.97. The zero-order chi connectivity index (χ0) is 17.9. The number of aliphatic carboxylic acids is 1. The lowest BCUT2D eigenvalue weighted by Gasteiger charge is -2.30. The van der Waals surface area contributed by atoms with Crippen LogP contribution in [0.25, 0.3) is 0 Å². The van der Waals surface area contributed by atoms with Crippen LogP contribution in [-0.4, -0.2) is 54.1 Å². The summed E-state index contributed by atoms with van der Waals surface area (Å²) in [5.41, 5.74) is -0.557. The summed E-state index contributed by atoms with van der Waals surface area (Å²) in [4.78, 5) is 35.8. The summed E-state index contributed by atoms with van der Waals surface area (Å²) >= 11 is 0. The van der Waals surface area contributed by atoms with Gasteiger partial charge in [-0.2, -0.15) is 0 Å². The Balaban J connectivity index is 2.40. The monoisotopic (exact) mass is 338 g/mol. The zero-order valence-corrected chi connectivity index (χ0v) is 13.4. The average molecular weight is 338 g/mol. The van der Waals surface area contributed by atoms with Crippen molar-refractivity contribution in [3.63, 3.8) is 0 Å². The fraction of sp³-hybridized carbons (Fsp3) is 0.467. The van der Waals surface area contributed by atoms with Gasteiger partial charge in [0.05, 0.1) is 31.1 Å². The molecule has 1 heterocycles. The molecule has 1 saturated heterocycles. The summed E-state index contributed by atoms with van der Waals surface area (Å²) < 4.78 is 10.1. The van der Waals surface area contributed by atoms with Crippen molar-refractivity contribution in [1.29, 1.82) is 0 Å². The van der Waals surface area contributed by atoms with Crippen molar-refractivity contribution in [2.45, 2.75) is 12.8 Å². The number of nitrogens with zero attached hydrogens (tertiary/aromatic N) is 2. The quantitative estimate of drug-likeness (QED) is 0.639. The van der Waals surface area contributed by atoms with E-state index in [-0.39, 0.29) is 23.6 Å². The molecule has 0 aromatic heterocycles. The molecular weight excluding hydrogens is 320 g/mol. The van der Waals surface area contributed by atoms with E-state index in [1.807, 2.05) is 0 Å². The van der Waals surface area contributed by atoms with Crippen molar-refractivity contribution in [2.75, 3.05) is 27.3 Å². The van der Waals surface area contributed by atoms with E-state index in [9.17, 15) is 19.7 Å². The van der Waals surface area contributed by atoms with Gasteiger partial charge in [-0.05, 0) is 12.8 Å². The third-order valence-electron chi connectivity index (χ3n) is 3.99. The van der Waals surface area contributed by atoms with Crippen molar-refractivity contribution >= 4 is 17.6 Å². The highest BCUT2D eigenvalue weighted by Crippen LogP contribution is 2.35. The lowest BCUT2D eigenvalue weighted by Crippen LogP contribution is -2.42. The van der Waals surface area contributed by atoms with Crippen molar-refractivity contribution < 1.29 is 29.1 Å². The van der Waals surface area contributed by atoms with Crippen molar-refractivity contribution in [3.8, 4) is 11.5 Å². The molecule has 1 aromatic carbocycles. The molecule has 1 aliphatic rings. The second-order valence-electron chi connectivity index (χ2n) is 5.41. The summed E-state index contributed by atoms with van der Waals surface area (Å²) in [6.45, 7) is 0.383. The number of hydrogen-bond acceptors (Lipinski definition) is 6. The number of methoxy groups -OCH3 is 2. The van der Waals surface area contributed by atoms with Crippen LogP contribution in [0, 0.1) is 16.0 Å². The van der Waals surface area contributed by atoms with E-state index in [1.165, 1.54) is 25.2 Å². The third-order valence-corrected chi connectivity index (χ3v) is 3.99. The van der Waals surface area contributed by atoms with Gasteiger partial charge >= 0.3 is 5.97 Å². The number of nitro benzene ring substituents is 1. The molecule has 2 rings (SSSR count). The molecule has 9 heteroatoms. The number of hydrogen-bond donors (Lipinski definition) is 1. The number of piperidine rings is 1. The summed E-state index contributed by atoms with van der Waals surface area (Å²) in [6.07, 6.45) is 1.01. The number of nitro groups is 1. The molecule has 1 aromatic rings. The van der Waals surface area contributed by atoms with Crippen molar-refractivity contribution in [1.82, 2.24) is 4.90 Å². The topological polar surface area (TPSA) is 119 Å². The second kappa shape index (κ2) is 7.16. The number of benzene rings is 1. The van der Waals surface area contributed by atoms with E-state index < -0.39 is 28.4 Å². The maximum Gasteiger partial charge on any atom is 0.308 e. The molecule has 24 heavy (non-hydrogen) atoms. The first-order chi connectivity index (χ1) is 11.4. The second-order valence-corrected chi connectivity index (χ2v) is 5.41. The van der Waals surface area contributed by atoms with Gasteiger partial charge < -0.3 is 19.5 Å². The van der Waals surface area contributed by atoms with Crippen LogP contribution in [0.3, 0.4) is 0 Å². The molecule has 1 amide bonds. The molecule has 0 spiro atoms. The Bertz CT molecular complexity index is 674. The van der Waals surface area contributed by atoms with E-state index in [4.69, 9.17) is 14.6 Å². The Morgan fingerprint density at radius 2 is 1.92 bits per heavy atom. The van der Waals surface area contributed by atoms with Gasteiger partial charge in [0.2, 0.25) is 0 Å². The van der Waals surface area contributed by atoms with Crippen molar-refractivity contribution in [3.05, 3.63) is 27.8 Å². The Labute approximate surface area is 137 Å². The van der Waals surface area contributed by atoms with Crippen LogP contribution in [0.4, 0.5) is 5.69 Å². The van der Waals surface area contributed by atoms with Crippen LogP contribution in [0.15, 0.2) is 12.1 Å². The molecule has 0 unspecified atom stereocenters. The van der Waals surface area contributed by atoms with Crippen LogP contribution in [0.1, 0.15) is 23.2 Å². The number of carboxylic acid groups (broad SMARTS) is 1. The summed E-state index contributed by atoms with van der Waals surface area (Å²) in [6, 6.07) is 2.38. The Kier molecular flexibility index (Phi) is 5.22. The van der Waals surface area contributed by atoms with E-state index in [1.54, 1.807) is 0 Å². The maximum absolute atomic E-state index is 12.7. The van der Waals surface area contributed by atoms with E-state index in [0.29, 0.717) is 19.4 Å². The van der Waals surface area contributed by atoms with Crippen LogP contribution < -0.4 is 9.47 Å². The number of rotatable bonds is 5. The lowest BCUT2D eigenvalue weighted by molar-refractivity contribution is -0.385. The molecule has 1 aliphatic heterocycles. The normalized spacial score (nSPS) is 17.2. The van der Waals surface area contributed by atoms with Gasteiger partial charge in [0, 0.05) is 19.2 Å². The smallest absolute Gasteiger partial charge is 0.308 e. The van der Waals surface area contributed by atoms with Crippen molar-refractivity contribution in [2.24, 2.45) is 5.92 Å². The highest BCUT2D eigenvalue weighted by Gasteiger charge is 2.32. The molecular formula is C15H18N2O7. The maximum atomic E-state index is 12.7. The first-order valence-electron chi connectivity index (χ1n) is 7.31. The molecule has 1 fully saturated rings. The number of carbonyl (C=O) groups excluding carboxylic acids is 1. The van der Waals surface area contributed by atoms with Crippen LogP contribution >= 0.6 is 0 Å². The highest BCUT2D eigenvalue weighted by atomic mass is 16.6. The molecule has 9 nitrogen and oxygen atoms in total. The number of carboxylic acids is 1. The zero-order valence-electron chi connectivity index (χ0n) is 13.4. The van der Waals surface area contributed by atoms with Gasteiger partial charge in [-0.1, -0.05) is 0 Å². The highest BCUT2D eigenvalue weighted by molar-refractivity contribution is 5.99. The van der Waals surface area contributed by atoms with Gasteiger partial charge in [-0.3, -0.25) is 19.7 Å². The van der Waals surface area contributed by atoms with E-state index in [0.717, 1.165) is 6.07 Å². The number of carbonyl (C=O) groups is 2. The number of likely N-dealkylation sites (tertiary alicyclic amines) is 1. The predicted molar refractivity (Wildman–Crippen MR) is 82.5 cm³/mol. The molecule has 1 N–H and O–H groups in total. The fourth-order valence-corrected chi connectivity index (χ4v) is 2.72.